The molecular formula is C15H25NO2S. The molecule has 0 aromatic heterocycles. The maximum Gasteiger partial charge on any atom is 0.161 e. The predicted octanol–water partition coefficient (Wildman–Crippen LogP) is 3.50. The standard InChI is InChI=1S/C15H25NO2S/c1-6-16-13(10-19-11(2)3)12-7-8-14(17-4)15(9-12)18-5/h7-9,11,13,16H,6,10H2,1-5H3. The highest BCUT2D eigenvalue weighted by Crippen LogP contribution is 2.31. The minimum atomic E-state index is 0.345. The maximum atomic E-state index is 5.37. The number of hydrogen-bond donors (Lipinski definition) is 1. The second-order valence-corrected chi connectivity index (χ2v) is 6.22. The zero-order valence-electron chi connectivity index (χ0n) is 12.5. The molecule has 1 aromatic rings. The van der Waals surface area contributed by atoms with Gasteiger partial charge in [-0.1, -0.05) is 26.8 Å². The summed E-state index contributed by atoms with van der Waals surface area (Å²) >= 11 is 1.96. The van der Waals surface area contributed by atoms with Crippen LogP contribution in [0, 0.1) is 0 Å². The van der Waals surface area contributed by atoms with E-state index in [2.05, 4.69) is 38.2 Å². The Labute approximate surface area is 121 Å². The molecular weight excluding hydrogens is 258 g/mol. The van der Waals surface area contributed by atoms with Crippen LogP contribution in [0.25, 0.3) is 0 Å². The first-order valence-corrected chi connectivity index (χ1v) is 7.74. The lowest BCUT2D eigenvalue weighted by atomic mass is 10.1. The Kier molecular flexibility index (Phi) is 7.10. The third-order valence-electron chi connectivity index (χ3n) is 2.86. The Balaban J connectivity index is 2.88. The summed E-state index contributed by atoms with van der Waals surface area (Å²) < 4.78 is 10.6. The first-order valence-electron chi connectivity index (χ1n) is 6.69. The monoisotopic (exact) mass is 283 g/mol. The first kappa shape index (κ1) is 16.2. The number of benzene rings is 1. The number of ether oxygens (including phenoxy) is 2. The Bertz CT molecular complexity index is 382. The lowest BCUT2D eigenvalue weighted by Crippen LogP contribution is -2.23. The molecule has 0 radical (unpaired) electrons. The molecule has 0 spiro atoms. The van der Waals surface area contributed by atoms with Gasteiger partial charge in [-0.15, -0.1) is 0 Å². The summed E-state index contributed by atoms with van der Waals surface area (Å²) in [6.45, 7) is 7.54. The highest BCUT2D eigenvalue weighted by Gasteiger charge is 2.14. The molecule has 4 heteroatoms. The Morgan fingerprint density at radius 1 is 1.16 bits per heavy atom. The van der Waals surface area contributed by atoms with Crippen LogP contribution in [0.15, 0.2) is 18.2 Å². The summed E-state index contributed by atoms with van der Waals surface area (Å²) in [5, 5.41) is 4.17. The molecule has 0 saturated carbocycles. The molecule has 1 atom stereocenters. The van der Waals surface area contributed by atoms with Crippen LogP contribution in [0.4, 0.5) is 0 Å². The summed E-state index contributed by atoms with van der Waals surface area (Å²) in [7, 11) is 3.33. The van der Waals surface area contributed by atoms with Gasteiger partial charge >= 0.3 is 0 Å². The van der Waals surface area contributed by atoms with E-state index in [4.69, 9.17) is 9.47 Å². The van der Waals surface area contributed by atoms with E-state index in [1.54, 1.807) is 14.2 Å². The molecule has 0 bridgehead atoms. The van der Waals surface area contributed by atoms with Gasteiger partial charge in [0.25, 0.3) is 0 Å². The van der Waals surface area contributed by atoms with Crippen molar-refractivity contribution in [3.63, 3.8) is 0 Å². The van der Waals surface area contributed by atoms with Crippen LogP contribution in [0.2, 0.25) is 0 Å². The molecule has 1 unspecified atom stereocenters. The molecule has 19 heavy (non-hydrogen) atoms. The van der Waals surface area contributed by atoms with E-state index in [0.717, 1.165) is 23.8 Å². The van der Waals surface area contributed by atoms with Gasteiger partial charge in [-0.2, -0.15) is 11.8 Å². The molecule has 0 aliphatic carbocycles. The number of nitrogens with one attached hydrogen (secondary N) is 1. The van der Waals surface area contributed by atoms with Gasteiger partial charge in [0, 0.05) is 11.8 Å². The first-order chi connectivity index (χ1) is 9.12. The normalized spacial score (nSPS) is 12.5. The van der Waals surface area contributed by atoms with Crippen molar-refractivity contribution in [1.29, 1.82) is 0 Å². The third kappa shape index (κ3) is 4.96. The Morgan fingerprint density at radius 2 is 1.84 bits per heavy atom. The fourth-order valence-electron chi connectivity index (χ4n) is 1.88. The molecule has 0 amide bonds. The van der Waals surface area contributed by atoms with Crippen LogP contribution in [-0.2, 0) is 0 Å². The van der Waals surface area contributed by atoms with Crippen LogP contribution in [-0.4, -0.2) is 31.8 Å². The van der Waals surface area contributed by atoms with Crippen molar-refractivity contribution in [2.75, 3.05) is 26.5 Å². The summed E-state index contributed by atoms with van der Waals surface area (Å²) in [6, 6.07) is 6.48. The van der Waals surface area contributed by atoms with Crippen molar-refractivity contribution in [1.82, 2.24) is 5.32 Å². The minimum Gasteiger partial charge on any atom is -0.493 e. The van der Waals surface area contributed by atoms with Gasteiger partial charge < -0.3 is 14.8 Å². The zero-order valence-corrected chi connectivity index (χ0v) is 13.3. The number of methoxy groups -OCH3 is 2. The van der Waals surface area contributed by atoms with Crippen LogP contribution >= 0.6 is 11.8 Å². The third-order valence-corrected chi connectivity index (χ3v) is 4.05. The molecule has 1 aromatic carbocycles. The van der Waals surface area contributed by atoms with E-state index in [-0.39, 0.29) is 0 Å². The van der Waals surface area contributed by atoms with Gasteiger partial charge in [-0.25, -0.2) is 0 Å². The summed E-state index contributed by atoms with van der Waals surface area (Å²) in [5.74, 6) is 2.62. The number of rotatable bonds is 8. The van der Waals surface area contributed by atoms with Gasteiger partial charge in [-0.3, -0.25) is 0 Å². The van der Waals surface area contributed by atoms with Gasteiger partial charge in [0.05, 0.1) is 14.2 Å². The van der Waals surface area contributed by atoms with Crippen molar-refractivity contribution in [2.24, 2.45) is 0 Å². The van der Waals surface area contributed by atoms with Crippen molar-refractivity contribution in [3.05, 3.63) is 23.8 Å². The highest BCUT2D eigenvalue weighted by atomic mass is 32.2. The smallest absolute Gasteiger partial charge is 0.161 e. The molecule has 0 fully saturated rings. The molecule has 0 aliphatic rings. The van der Waals surface area contributed by atoms with E-state index in [0.29, 0.717) is 11.3 Å². The average molecular weight is 283 g/mol. The van der Waals surface area contributed by atoms with Crippen molar-refractivity contribution >= 4 is 11.8 Å². The lowest BCUT2D eigenvalue weighted by molar-refractivity contribution is 0.354. The maximum absolute atomic E-state index is 5.37. The molecule has 0 heterocycles. The fourth-order valence-corrected chi connectivity index (χ4v) is 2.77. The summed E-state index contributed by atoms with van der Waals surface area (Å²) in [5.41, 5.74) is 1.24. The number of hydrogen-bond acceptors (Lipinski definition) is 4. The topological polar surface area (TPSA) is 30.5 Å². The Hall–Kier alpha value is -0.870. The van der Waals surface area contributed by atoms with E-state index in [1.807, 2.05) is 17.8 Å². The second kappa shape index (κ2) is 8.33. The van der Waals surface area contributed by atoms with Gasteiger partial charge in [0.2, 0.25) is 0 Å². The summed E-state index contributed by atoms with van der Waals surface area (Å²) in [6.07, 6.45) is 0. The van der Waals surface area contributed by atoms with Crippen molar-refractivity contribution in [3.8, 4) is 11.5 Å². The SMILES string of the molecule is CCNC(CSC(C)C)c1ccc(OC)c(OC)c1. The van der Waals surface area contributed by atoms with Gasteiger partial charge in [0.1, 0.15) is 0 Å². The molecule has 3 nitrogen and oxygen atoms in total. The molecule has 0 aliphatic heterocycles. The largest absolute Gasteiger partial charge is 0.493 e. The van der Waals surface area contributed by atoms with Crippen molar-refractivity contribution < 1.29 is 9.47 Å². The van der Waals surface area contributed by atoms with Crippen LogP contribution in [0.1, 0.15) is 32.4 Å². The van der Waals surface area contributed by atoms with Crippen molar-refractivity contribution in [2.45, 2.75) is 32.1 Å². The van der Waals surface area contributed by atoms with E-state index >= 15 is 0 Å². The van der Waals surface area contributed by atoms with E-state index in [9.17, 15) is 0 Å². The molecule has 108 valence electrons. The second-order valence-electron chi connectivity index (χ2n) is 4.61. The highest BCUT2D eigenvalue weighted by molar-refractivity contribution is 7.99. The van der Waals surface area contributed by atoms with E-state index < -0.39 is 0 Å². The quantitative estimate of drug-likeness (QED) is 0.791. The molecule has 1 rings (SSSR count). The summed E-state index contributed by atoms with van der Waals surface area (Å²) in [4.78, 5) is 0. The number of thioether (sulfide) groups is 1. The van der Waals surface area contributed by atoms with Gasteiger partial charge in [0.15, 0.2) is 11.5 Å². The molecule has 0 saturated heterocycles. The lowest BCUT2D eigenvalue weighted by Gasteiger charge is -2.20. The Morgan fingerprint density at radius 3 is 2.37 bits per heavy atom. The van der Waals surface area contributed by atoms with E-state index in [1.165, 1.54) is 5.56 Å². The zero-order chi connectivity index (χ0) is 14.3. The van der Waals surface area contributed by atoms with Gasteiger partial charge in [-0.05, 0) is 29.5 Å². The average Bonchev–Trinajstić information content (AvgIpc) is 2.42. The van der Waals surface area contributed by atoms with Crippen LogP contribution < -0.4 is 14.8 Å². The van der Waals surface area contributed by atoms with Crippen LogP contribution in [0.5, 0.6) is 11.5 Å². The predicted molar refractivity (Wildman–Crippen MR) is 83.6 cm³/mol. The molecule has 1 N–H and O–H groups in total. The minimum absolute atomic E-state index is 0.345. The van der Waals surface area contributed by atoms with Crippen LogP contribution in [0.3, 0.4) is 0 Å². The fraction of sp³-hybridized carbons (Fsp3) is 0.600.